The minimum atomic E-state index is -0.205. The molecular weight excluding hydrogens is 497 g/mol. The van der Waals surface area contributed by atoms with Gasteiger partial charge in [0, 0.05) is 36.5 Å². The summed E-state index contributed by atoms with van der Waals surface area (Å²) in [7, 11) is 0. The Hall–Kier alpha value is -0.670. The molecule has 0 radical (unpaired) electrons. The first kappa shape index (κ1) is 24.6. The molecule has 0 aliphatic carbocycles. The number of ether oxygens (including phenoxy) is 2. The van der Waals surface area contributed by atoms with Crippen LogP contribution in [0.4, 0.5) is 0 Å². The van der Waals surface area contributed by atoms with Crippen molar-refractivity contribution in [3.8, 4) is 5.75 Å². The third-order valence-electron chi connectivity index (χ3n) is 5.41. The number of benzene rings is 1. The highest BCUT2D eigenvalue weighted by Crippen LogP contribution is 2.39. The maximum atomic E-state index is 6.18. The van der Waals surface area contributed by atoms with Crippen LogP contribution in [-0.2, 0) is 4.74 Å². The zero-order chi connectivity index (χ0) is 20.0. The van der Waals surface area contributed by atoms with E-state index in [9.17, 15) is 0 Å². The topological polar surface area (TPSA) is 54.9 Å². The number of hydrogen-bond donors (Lipinski definition) is 2. The van der Waals surface area contributed by atoms with Crippen molar-refractivity contribution in [2.75, 3.05) is 32.1 Å². The maximum absolute atomic E-state index is 6.18. The smallest absolute Gasteiger partial charge is 0.191 e. The van der Waals surface area contributed by atoms with Crippen molar-refractivity contribution in [3.05, 3.63) is 29.8 Å². The summed E-state index contributed by atoms with van der Waals surface area (Å²) in [6.45, 7) is 12.0. The van der Waals surface area contributed by atoms with E-state index in [0.717, 1.165) is 63.0 Å². The van der Waals surface area contributed by atoms with Crippen molar-refractivity contribution in [1.82, 2.24) is 10.6 Å². The van der Waals surface area contributed by atoms with Gasteiger partial charge in [-0.1, -0.05) is 25.1 Å². The molecule has 1 aromatic carbocycles. The summed E-state index contributed by atoms with van der Waals surface area (Å²) in [5.74, 6) is 2.97. The van der Waals surface area contributed by atoms with Crippen molar-refractivity contribution >= 4 is 41.7 Å². The Labute approximate surface area is 197 Å². The molecule has 0 amide bonds. The van der Waals surface area contributed by atoms with Gasteiger partial charge in [-0.2, -0.15) is 11.8 Å². The van der Waals surface area contributed by atoms with E-state index in [1.165, 1.54) is 5.56 Å². The molecule has 7 heteroatoms. The molecule has 0 bridgehead atoms. The maximum Gasteiger partial charge on any atom is 0.191 e. The van der Waals surface area contributed by atoms with Crippen molar-refractivity contribution < 1.29 is 9.47 Å². The van der Waals surface area contributed by atoms with Gasteiger partial charge < -0.3 is 20.1 Å². The second-order valence-electron chi connectivity index (χ2n) is 8.22. The third kappa shape index (κ3) is 6.66. The van der Waals surface area contributed by atoms with Gasteiger partial charge in [0.2, 0.25) is 0 Å². The molecule has 1 aromatic rings. The van der Waals surface area contributed by atoms with Crippen LogP contribution in [0.5, 0.6) is 5.75 Å². The number of guanidine groups is 1. The van der Waals surface area contributed by atoms with E-state index in [1.54, 1.807) is 0 Å². The van der Waals surface area contributed by atoms with Crippen molar-refractivity contribution in [2.45, 2.75) is 63.3 Å². The average molecular weight is 534 g/mol. The Balaban J connectivity index is 0.00000300. The summed E-state index contributed by atoms with van der Waals surface area (Å²) >= 11 is 2.03. The highest BCUT2D eigenvalue weighted by Gasteiger charge is 2.35. The molecule has 164 valence electrons. The quantitative estimate of drug-likeness (QED) is 0.314. The molecule has 2 heterocycles. The van der Waals surface area contributed by atoms with Gasteiger partial charge in [0.25, 0.3) is 0 Å². The average Bonchev–Trinajstić information content (AvgIpc) is 2.66. The minimum Gasteiger partial charge on any atom is -0.487 e. The fraction of sp³-hybridized carbons (Fsp3) is 0.682. The van der Waals surface area contributed by atoms with Gasteiger partial charge in [0.1, 0.15) is 11.4 Å². The first-order valence-corrected chi connectivity index (χ1v) is 11.5. The molecule has 0 spiro atoms. The normalized spacial score (nSPS) is 22.6. The lowest BCUT2D eigenvalue weighted by Crippen LogP contribution is -2.46. The Morgan fingerprint density at radius 1 is 1.21 bits per heavy atom. The minimum absolute atomic E-state index is 0. The van der Waals surface area contributed by atoms with E-state index in [2.05, 4.69) is 56.5 Å². The van der Waals surface area contributed by atoms with Crippen LogP contribution in [0.2, 0.25) is 0 Å². The predicted octanol–water partition coefficient (Wildman–Crippen LogP) is 4.76. The second kappa shape index (κ2) is 11.1. The molecule has 1 unspecified atom stereocenters. The van der Waals surface area contributed by atoms with Crippen LogP contribution in [0.3, 0.4) is 0 Å². The highest BCUT2D eigenvalue weighted by atomic mass is 127. The van der Waals surface area contributed by atoms with Gasteiger partial charge in [0.05, 0.1) is 12.6 Å². The molecule has 3 rings (SSSR count). The van der Waals surface area contributed by atoms with Gasteiger partial charge >= 0.3 is 0 Å². The van der Waals surface area contributed by atoms with E-state index in [-0.39, 0.29) is 40.4 Å². The lowest BCUT2D eigenvalue weighted by molar-refractivity contribution is 0.0693. The molecule has 29 heavy (non-hydrogen) atoms. The first-order valence-electron chi connectivity index (χ1n) is 10.5. The van der Waals surface area contributed by atoms with Gasteiger partial charge in [-0.05, 0) is 45.4 Å². The number of thioether (sulfide) groups is 1. The van der Waals surface area contributed by atoms with Gasteiger partial charge in [-0.3, -0.25) is 4.99 Å². The van der Waals surface area contributed by atoms with Gasteiger partial charge in [-0.15, -0.1) is 24.0 Å². The molecule has 0 saturated carbocycles. The van der Waals surface area contributed by atoms with Crippen LogP contribution in [0.25, 0.3) is 0 Å². The molecular formula is C22H36IN3O2S. The van der Waals surface area contributed by atoms with E-state index < -0.39 is 0 Å². The first-order chi connectivity index (χ1) is 13.5. The van der Waals surface area contributed by atoms with E-state index in [4.69, 9.17) is 14.5 Å². The molecule has 2 aliphatic rings. The van der Waals surface area contributed by atoms with Crippen molar-refractivity contribution in [1.29, 1.82) is 0 Å². The standard InChI is InChI=1S/C22H35N3O2S.HI/c1-5-23-20(24-16-22(28-6-2)11-13-26-14-12-22)25-18-15-21(3,4)27-19-10-8-7-9-17(18)19;/h7-10,18H,5-6,11-16H2,1-4H3,(H2,23,24,25);1H. The molecule has 0 aromatic heterocycles. The fourth-order valence-electron chi connectivity index (χ4n) is 4.04. The van der Waals surface area contributed by atoms with Crippen LogP contribution < -0.4 is 15.4 Å². The summed E-state index contributed by atoms with van der Waals surface area (Å²) < 4.78 is 12.0. The number of hydrogen-bond acceptors (Lipinski definition) is 4. The zero-order valence-corrected chi connectivity index (χ0v) is 21.3. The summed E-state index contributed by atoms with van der Waals surface area (Å²) in [6, 6.07) is 8.51. The van der Waals surface area contributed by atoms with E-state index >= 15 is 0 Å². The molecule has 1 atom stereocenters. The lowest BCUT2D eigenvalue weighted by atomic mass is 9.90. The second-order valence-corrected chi connectivity index (χ2v) is 9.96. The lowest BCUT2D eigenvalue weighted by Gasteiger charge is -2.38. The molecule has 1 fully saturated rings. The van der Waals surface area contributed by atoms with Gasteiger partial charge in [-0.25, -0.2) is 0 Å². The molecule has 5 nitrogen and oxygen atoms in total. The number of nitrogens with zero attached hydrogens (tertiary/aromatic N) is 1. The number of fused-ring (bicyclic) bond motifs is 1. The zero-order valence-electron chi connectivity index (χ0n) is 18.1. The number of halogens is 1. The largest absolute Gasteiger partial charge is 0.487 e. The van der Waals surface area contributed by atoms with Crippen molar-refractivity contribution in [2.24, 2.45) is 4.99 Å². The summed E-state index contributed by atoms with van der Waals surface area (Å²) in [6.07, 6.45) is 3.04. The summed E-state index contributed by atoms with van der Waals surface area (Å²) in [5.41, 5.74) is 1.000. The number of aliphatic imine (C=N–C) groups is 1. The van der Waals surface area contributed by atoms with E-state index in [1.807, 2.05) is 17.8 Å². The SMILES string of the molecule is CCNC(=NCC1(SCC)CCOCC1)NC1CC(C)(C)Oc2ccccc21.I. The van der Waals surface area contributed by atoms with Crippen LogP contribution in [0.1, 0.15) is 58.6 Å². The van der Waals surface area contributed by atoms with Gasteiger partial charge in [0.15, 0.2) is 5.96 Å². The third-order valence-corrected chi connectivity index (χ3v) is 6.85. The Morgan fingerprint density at radius 3 is 2.62 bits per heavy atom. The molecule has 1 saturated heterocycles. The highest BCUT2D eigenvalue weighted by molar-refractivity contribution is 14.0. The van der Waals surface area contributed by atoms with E-state index in [0.29, 0.717) is 0 Å². The predicted molar refractivity (Wildman–Crippen MR) is 134 cm³/mol. The van der Waals surface area contributed by atoms with Crippen LogP contribution in [0.15, 0.2) is 29.3 Å². The Bertz CT molecular complexity index is 672. The monoisotopic (exact) mass is 533 g/mol. The van der Waals surface area contributed by atoms with Crippen molar-refractivity contribution in [3.63, 3.8) is 0 Å². The van der Waals surface area contributed by atoms with Crippen LogP contribution in [-0.4, -0.2) is 48.4 Å². The summed E-state index contributed by atoms with van der Waals surface area (Å²) in [4.78, 5) is 5.02. The number of rotatable bonds is 6. The molecule has 2 N–H and O–H groups in total. The van der Waals surface area contributed by atoms with Crippen LogP contribution in [0, 0.1) is 0 Å². The fourth-order valence-corrected chi connectivity index (χ4v) is 5.26. The Morgan fingerprint density at radius 2 is 1.93 bits per heavy atom. The summed E-state index contributed by atoms with van der Waals surface area (Å²) in [5, 5.41) is 7.13. The van der Waals surface area contributed by atoms with Crippen LogP contribution >= 0.6 is 35.7 Å². The molecule has 2 aliphatic heterocycles. The number of nitrogens with one attached hydrogen (secondary N) is 2. The number of para-hydroxylation sites is 1. The Kier molecular flexibility index (Phi) is 9.41.